The molecule has 41 heavy (non-hydrogen) atoms. The highest BCUT2D eigenvalue weighted by Crippen LogP contribution is 2.33. The quantitative estimate of drug-likeness (QED) is 0.254. The molecule has 0 unspecified atom stereocenters. The monoisotopic (exact) mass is 553 g/mol. The summed E-state index contributed by atoms with van der Waals surface area (Å²) in [5.41, 5.74) is 6.47. The SMILES string of the molecule is C[C@H](NC1OCO1)C(=O)N1CCC[C@H]1c1ncc(-c2ccc(-c3ccc(-c4cnc([C@@H]5CCCN5)[nH]4)cc3)cc2)[nH]1. The molecule has 0 bridgehead atoms. The molecule has 10 heteroatoms. The molecule has 1 amide bonds. The van der Waals surface area contributed by atoms with E-state index in [-0.39, 0.29) is 18.7 Å². The molecule has 0 spiro atoms. The average Bonchev–Trinajstić information content (AvgIpc) is 3.81. The summed E-state index contributed by atoms with van der Waals surface area (Å²) in [6.45, 7) is 3.87. The summed E-state index contributed by atoms with van der Waals surface area (Å²) < 4.78 is 10.5. The number of ether oxygens (including phenoxy) is 2. The third-order valence-electron chi connectivity index (χ3n) is 8.35. The van der Waals surface area contributed by atoms with Crippen LogP contribution in [-0.4, -0.2) is 63.1 Å². The molecule has 7 rings (SSSR count). The Bertz CT molecular complexity index is 1490. The van der Waals surface area contributed by atoms with E-state index >= 15 is 0 Å². The highest BCUT2D eigenvalue weighted by molar-refractivity contribution is 5.82. The van der Waals surface area contributed by atoms with Crippen LogP contribution in [0.5, 0.6) is 0 Å². The van der Waals surface area contributed by atoms with Crippen LogP contribution in [0.15, 0.2) is 60.9 Å². The summed E-state index contributed by atoms with van der Waals surface area (Å²) in [7, 11) is 0. The molecule has 10 nitrogen and oxygen atoms in total. The summed E-state index contributed by atoms with van der Waals surface area (Å²) in [4.78, 5) is 31.2. The van der Waals surface area contributed by atoms with E-state index in [1.165, 1.54) is 6.42 Å². The van der Waals surface area contributed by atoms with Gasteiger partial charge in [0.25, 0.3) is 0 Å². The van der Waals surface area contributed by atoms with Crippen LogP contribution in [0.3, 0.4) is 0 Å². The van der Waals surface area contributed by atoms with Gasteiger partial charge in [0.05, 0.1) is 41.9 Å². The van der Waals surface area contributed by atoms with Gasteiger partial charge in [0.2, 0.25) is 12.3 Å². The number of H-pyrrole nitrogens is 2. The van der Waals surface area contributed by atoms with Gasteiger partial charge in [0.1, 0.15) is 11.6 Å². The van der Waals surface area contributed by atoms with Gasteiger partial charge in [0, 0.05) is 6.54 Å². The Balaban J connectivity index is 1.01. The molecular weight excluding hydrogens is 518 g/mol. The van der Waals surface area contributed by atoms with E-state index in [0.717, 1.165) is 71.1 Å². The fourth-order valence-electron chi connectivity index (χ4n) is 5.99. The van der Waals surface area contributed by atoms with Gasteiger partial charge in [-0.1, -0.05) is 48.5 Å². The van der Waals surface area contributed by atoms with Gasteiger partial charge in [-0.15, -0.1) is 0 Å². The van der Waals surface area contributed by atoms with Gasteiger partial charge in [0.15, 0.2) is 6.79 Å². The fourth-order valence-corrected chi connectivity index (χ4v) is 5.99. The van der Waals surface area contributed by atoms with E-state index < -0.39 is 12.5 Å². The van der Waals surface area contributed by atoms with Crippen LogP contribution in [0.25, 0.3) is 33.6 Å². The van der Waals surface area contributed by atoms with E-state index in [9.17, 15) is 4.79 Å². The molecule has 3 aliphatic rings. The Morgan fingerprint density at radius 2 is 1.49 bits per heavy atom. The molecule has 3 saturated heterocycles. The third kappa shape index (κ3) is 5.31. The van der Waals surface area contributed by atoms with Crippen LogP contribution in [0.1, 0.15) is 56.3 Å². The van der Waals surface area contributed by atoms with Gasteiger partial charge >= 0.3 is 0 Å². The lowest BCUT2D eigenvalue weighted by atomic mass is 10.0. The predicted molar refractivity (Wildman–Crippen MR) is 154 cm³/mol. The number of carbonyl (C=O) groups excluding carboxylic acids is 1. The number of hydrogen-bond donors (Lipinski definition) is 4. The Labute approximate surface area is 238 Å². The second-order valence-electron chi connectivity index (χ2n) is 11.0. The molecule has 2 aromatic heterocycles. The minimum atomic E-state index is -0.505. The van der Waals surface area contributed by atoms with Gasteiger partial charge < -0.3 is 29.7 Å². The lowest BCUT2D eigenvalue weighted by Gasteiger charge is -2.32. The van der Waals surface area contributed by atoms with Crippen LogP contribution in [0.4, 0.5) is 0 Å². The minimum Gasteiger partial charge on any atom is -0.341 e. The molecule has 0 radical (unpaired) electrons. The maximum absolute atomic E-state index is 13.1. The van der Waals surface area contributed by atoms with Crippen LogP contribution < -0.4 is 10.6 Å². The van der Waals surface area contributed by atoms with Gasteiger partial charge in [-0.2, -0.15) is 0 Å². The zero-order valence-corrected chi connectivity index (χ0v) is 23.1. The van der Waals surface area contributed by atoms with Crippen molar-refractivity contribution in [1.82, 2.24) is 35.5 Å². The van der Waals surface area contributed by atoms with E-state index in [1.807, 2.05) is 24.2 Å². The fraction of sp³-hybridized carbons (Fsp3) is 0.387. The zero-order chi connectivity index (χ0) is 27.8. The number of likely N-dealkylation sites (tertiary alicyclic amines) is 1. The largest absolute Gasteiger partial charge is 0.341 e. The topological polar surface area (TPSA) is 120 Å². The number of benzene rings is 2. The van der Waals surface area contributed by atoms with Gasteiger partial charge in [-0.05, 0) is 61.4 Å². The molecular formula is C31H35N7O3. The van der Waals surface area contributed by atoms with Gasteiger partial charge in [-0.25, -0.2) is 9.97 Å². The molecule has 4 N–H and O–H groups in total. The lowest BCUT2D eigenvalue weighted by Crippen LogP contribution is -2.53. The number of carbonyl (C=O) groups is 1. The number of aromatic amines is 2. The van der Waals surface area contributed by atoms with Crippen molar-refractivity contribution in [3.63, 3.8) is 0 Å². The van der Waals surface area contributed by atoms with E-state index in [1.54, 1.807) is 0 Å². The first-order chi connectivity index (χ1) is 20.1. The van der Waals surface area contributed by atoms with Gasteiger partial charge in [-0.3, -0.25) is 10.1 Å². The maximum atomic E-state index is 13.1. The first-order valence-electron chi connectivity index (χ1n) is 14.5. The molecule has 5 heterocycles. The van der Waals surface area contributed by atoms with E-state index in [4.69, 9.17) is 9.47 Å². The number of aromatic nitrogens is 4. The molecule has 2 aromatic carbocycles. The highest BCUT2D eigenvalue weighted by atomic mass is 16.9. The summed E-state index contributed by atoms with van der Waals surface area (Å²) in [6.07, 6.45) is 7.43. The van der Waals surface area contributed by atoms with Crippen molar-refractivity contribution in [1.29, 1.82) is 0 Å². The van der Waals surface area contributed by atoms with Crippen molar-refractivity contribution in [2.45, 2.75) is 57.1 Å². The summed E-state index contributed by atoms with van der Waals surface area (Å²) >= 11 is 0. The molecule has 3 fully saturated rings. The second kappa shape index (κ2) is 11.2. The number of rotatable bonds is 8. The van der Waals surface area contributed by atoms with E-state index in [0.29, 0.717) is 12.6 Å². The van der Waals surface area contributed by atoms with Crippen LogP contribution >= 0.6 is 0 Å². The number of imidazole rings is 2. The first-order valence-corrected chi connectivity index (χ1v) is 14.5. The smallest absolute Gasteiger partial charge is 0.240 e. The summed E-state index contributed by atoms with van der Waals surface area (Å²) in [5.74, 6) is 1.87. The van der Waals surface area contributed by atoms with E-state index in [2.05, 4.69) is 79.1 Å². The number of nitrogens with zero attached hydrogens (tertiary/aromatic N) is 3. The first kappa shape index (κ1) is 26.1. The second-order valence-corrected chi connectivity index (χ2v) is 11.0. The number of hydrogen-bond acceptors (Lipinski definition) is 7. The van der Waals surface area contributed by atoms with Crippen molar-refractivity contribution >= 4 is 5.91 Å². The molecule has 0 saturated carbocycles. The van der Waals surface area contributed by atoms with Crippen LogP contribution in [0, 0.1) is 0 Å². The van der Waals surface area contributed by atoms with Crippen LogP contribution in [0.2, 0.25) is 0 Å². The van der Waals surface area contributed by atoms with Crippen molar-refractivity contribution in [2.75, 3.05) is 19.9 Å². The molecule has 212 valence electrons. The Kier molecular flexibility index (Phi) is 7.14. The average molecular weight is 554 g/mol. The third-order valence-corrected chi connectivity index (χ3v) is 8.35. The molecule has 4 aromatic rings. The number of amides is 1. The standard InChI is InChI=1S/C31H35N7O3/c1-19(35-31-40-18-41-31)30(39)38-15-3-5-27(38)29-34-17-26(37-29)23-12-8-21(9-13-23)20-6-10-22(11-7-20)25-16-33-28(36-25)24-4-2-14-32-24/h6-13,16-17,19,24,27,31-32,35H,2-5,14-15,18H2,1H3,(H,33,36)(H,34,37)/t19-,24-,27-/m0/s1. The van der Waals surface area contributed by atoms with Crippen molar-refractivity contribution in [3.8, 4) is 33.6 Å². The van der Waals surface area contributed by atoms with Crippen molar-refractivity contribution in [2.24, 2.45) is 0 Å². The predicted octanol–water partition coefficient (Wildman–Crippen LogP) is 4.49. The number of nitrogens with one attached hydrogen (secondary N) is 4. The zero-order valence-electron chi connectivity index (χ0n) is 23.1. The lowest BCUT2D eigenvalue weighted by molar-refractivity contribution is -0.334. The summed E-state index contributed by atoms with van der Waals surface area (Å²) in [6, 6.07) is 16.9. The Morgan fingerprint density at radius 3 is 2.07 bits per heavy atom. The Morgan fingerprint density at radius 1 is 0.878 bits per heavy atom. The maximum Gasteiger partial charge on any atom is 0.240 e. The van der Waals surface area contributed by atoms with Crippen LogP contribution in [-0.2, 0) is 14.3 Å². The Hall–Kier alpha value is -3.83. The normalized spacial score (nSPS) is 21.7. The van der Waals surface area contributed by atoms with Crippen molar-refractivity contribution in [3.05, 3.63) is 72.6 Å². The minimum absolute atomic E-state index is 0.0266. The molecule has 3 atom stereocenters. The van der Waals surface area contributed by atoms with Crippen molar-refractivity contribution < 1.29 is 14.3 Å². The summed E-state index contributed by atoms with van der Waals surface area (Å²) in [5, 5.41) is 6.56. The molecule has 0 aliphatic carbocycles. The highest BCUT2D eigenvalue weighted by Gasteiger charge is 2.35. The molecule has 3 aliphatic heterocycles.